The van der Waals surface area contributed by atoms with Crippen LogP contribution in [-0.4, -0.2) is 33.8 Å². The zero-order valence-corrected chi connectivity index (χ0v) is 16.5. The van der Waals surface area contributed by atoms with E-state index in [0.717, 1.165) is 12.8 Å². The predicted octanol–water partition coefficient (Wildman–Crippen LogP) is 3.54. The van der Waals surface area contributed by atoms with Gasteiger partial charge in [-0.1, -0.05) is 42.4 Å². The lowest BCUT2D eigenvalue weighted by Gasteiger charge is -2.22. The molecule has 0 radical (unpaired) electrons. The second kappa shape index (κ2) is 8.68. The molecule has 9 heteroatoms. The molecule has 0 aliphatic heterocycles. The van der Waals surface area contributed by atoms with Crippen molar-refractivity contribution >= 4 is 40.0 Å². The molecule has 2 N–H and O–H groups in total. The predicted molar refractivity (Wildman–Crippen MR) is 102 cm³/mol. The summed E-state index contributed by atoms with van der Waals surface area (Å²) in [5.41, 5.74) is 0.485. The Balaban J connectivity index is 1.47. The molecule has 0 atom stereocenters. The number of aromatic nitrogens is 2. The molecule has 0 bridgehead atoms. The molecule has 3 rings (SSSR count). The highest BCUT2D eigenvalue weighted by Gasteiger charge is 2.18. The summed E-state index contributed by atoms with van der Waals surface area (Å²) in [5, 5.41) is 14.2. The molecule has 2 amide bonds. The van der Waals surface area contributed by atoms with Gasteiger partial charge in [0.15, 0.2) is 4.34 Å². The minimum Gasteiger partial charge on any atom is -0.466 e. The van der Waals surface area contributed by atoms with Gasteiger partial charge in [0.1, 0.15) is 11.5 Å². The second-order valence-electron chi connectivity index (χ2n) is 6.35. The first-order chi connectivity index (χ1) is 12.5. The van der Waals surface area contributed by atoms with Gasteiger partial charge in [-0.2, -0.15) is 0 Å². The average molecular weight is 395 g/mol. The van der Waals surface area contributed by atoms with Crippen LogP contribution in [0, 0.1) is 13.8 Å². The van der Waals surface area contributed by atoms with Gasteiger partial charge < -0.3 is 9.73 Å². The maximum Gasteiger partial charge on any atom is 0.261 e. The summed E-state index contributed by atoms with van der Waals surface area (Å²) in [4.78, 5) is 24.3. The zero-order valence-electron chi connectivity index (χ0n) is 14.8. The number of carbonyl (C=O) groups is 2. The standard InChI is InChI=1S/C17H22N4O3S2/c1-10-8-13(11(2)24-10)15(23)19-16-20-21-17(26-16)25-9-14(22)18-12-6-4-3-5-7-12/h8,12H,3-7,9H2,1-2H3,(H,18,22)(H,19,20,23). The number of aryl methyl sites for hydroxylation is 2. The van der Waals surface area contributed by atoms with Crippen molar-refractivity contribution in [2.75, 3.05) is 11.1 Å². The van der Waals surface area contributed by atoms with Crippen molar-refractivity contribution in [2.24, 2.45) is 0 Å². The summed E-state index contributed by atoms with van der Waals surface area (Å²) < 4.78 is 6.02. The first-order valence-electron chi connectivity index (χ1n) is 8.65. The van der Waals surface area contributed by atoms with Crippen LogP contribution in [0.5, 0.6) is 0 Å². The van der Waals surface area contributed by atoms with E-state index >= 15 is 0 Å². The number of anilines is 1. The maximum absolute atomic E-state index is 12.2. The lowest BCUT2D eigenvalue weighted by Crippen LogP contribution is -2.37. The summed E-state index contributed by atoms with van der Waals surface area (Å²) in [6.07, 6.45) is 5.77. The van der Waals surface area contributed by atoms with Gasteiger partial charge in [0, 0.05) is 6.04 Å². The molecule has 7 nitrogen and oxygen atoms in total. The molecular weight excluding hydrogens is 372 g/mol. The van der Waals surface area contributed by atoms with Crippen LogP contribution in [0.4, 0.5) is 5.13 Å². The Bertz CT molecular complexity index is 781. The molecule has 140 valence electrons. The maximum atomic E-state index is 12.2. The highest BCUT2D eigenvalue weighted by molar-refractivity contribution is 8.01. The Hall–Kier alpha value is -1.87. The van der Waals surface area contributed by atoms with E-state index < -0.39 is 0 Å². The van der Waals surface area contributed by atoms with Gasteiger partial charge in [0.25, 0.3) is 5.91 Å². The van der Waals surface area contributed by atoms with E-state index in [1.54, 1.807) is 19.9 Å². The highest BCUT2D eigenvalue weighted by atomic mass is 32.2. The summed E-state index contributed by atoms with van der Waals surface area (Å²) in [5.74, 6) is 1.30. The largest absolute Gasteiger partial charge is 0.466 e. The smallest absolute Gasteiger partial charge is 0.261 e. The number of hydrogen-bond donors (Lipinski definition) is 2. The van der Waals surface area contributed by atoms with Gasteiger partial charge in [-0.15, -0.1) is 10.2 Å². The third-order valence-corrected chi connectivity index (χ3v) is 6.18. The van der Waals surface area contributed by atoms with Gasteiger partial charge in [-0.25, -0.2) is 0 Å². The third-order valence-electron chi connectivity index (χ3n) is 4.21. The van der Waals surface area contributed by atoms with Crippen LogP contribution in [0.2, 0.25) is 0 Å². The van der Waals surface area contributed by atoms with E-state index in [4.69, 9.17) is 4.42 Å². The molecule has 0 spiro atoms. The van der Waals surface area contributed by atoms with Crippen LogP contribution in [0.25, 0.3) is 0 Å². The van der Waals surface area contributed by atoms with Crippen LogP contribution < -0.4 is 10.6 Å². The Labute approximate surface area is 160 Å². The molecule has 0 saturated heterocycles. The average Bonchev–Trinajstić information content (AvgIpc) is 3.19. The fourth-order valence-corrected chi connectivity index (χ4v) is 4.54. The Morgan fingerprint density at radius 1 is 1.27 bits per heavy atom. The summed E-state index contributed by atoms with van der Waals surface area (Å²) in [6, 6.07) is 2.00. The number of hydrogen-bond acceptors (Lipinski definition) is 7. The quantitative estimate of drug-likeness (QED) is 0.574. The molecular formula is C17H22N4O3S2. The van der Waals surface area contributed by atoms with Gasteiger partial charge in [-0.05, 0) is 32.8 Å². The van der Waals surface area contributed by atoms with Gasteiger partial charge >= 0.3 is 0 Å². The third kappa shape index (κ3) is 5.07. The number of nitrogens with zero attached hydrogens (tertiary/aromatic N) is 2. The van der Waals surface area contributed by atoms with Crippen LogP contribution in [0.15, 0.2) is 14.8 Å². The van der Waals surface area contributed by atoms with Crippen molar-refractivity contribution in [2.45, 2.75) is 56.3 Å². The topological polar surface area (TPSA) is 97.1 Å². The summed E-state index contributed by atoms with van der Waals surface area (Å²) >= 11 is 2.59. The van der Waals surface area contributed by atoms with Crippen LogP contribution >= 0.6 is 23.1 Å². The van der Waals surface area contributed by atoms with Crippen LogP contribution in [0.3, 0.4) is 0 Å². The van der Waals surface area contributed by atoms with E-state index in [1.165, 1.54) is 42.4 Å². The minimum absolute atomic E-state index is 0.0205. The van der Waals surface area contributed by atoms with Crippen molar-refractivity contribution in [3.8, 4) is 0 Å². The van der Waals surface area contributed by atoms with Crippen LogP contribution in [0.1, 0.15) is 54.0 Å². The lowest BCUT2D eigenvalue weighted by atomic mass is 9.95. The van der Waals surface area contributed by atoms with Crippen molar-refractivity contribution in [3.05, 3.63) is 23.2 Å². The Kier molecular flexibility index (Phi) is 6.31. The lowest BCUT2D eigenvalue weighted by molar-refractivity contribution is -0.119. The second-order valence-corrected chi connectivity index (χ2v) is 8.55. The fraction of sp³-hybridized carbons (Fsp3) is 0.529. The molecule has 2 aromatic rings. The van der Waals surface area contributed by atoms with E-state index in [0.29, 0.717) is 38.3 Å². The molecule has 1 aliphatic rings. The molecule has 26 heavy (non-hydrogen) atoms. The fourth-order valence-electron chi connectivity index (χ4n) is 2.98. The van der Waals surface area contributed by atoms with Crippen molar-refractivity contribution in [1.29, 1.82) is 0 Å². The number of carbonyl (C=O) groups excluding carboxylic acids is 2. The number of thioether (sulfide) groups is 1. The molecule has 2 heterocycles. The SMILES string of the molecule is Cc1cc(C(=O)Nc2nnc(SCC(=O)NC3CCCCC3)s2)c(C)o1. The molecule has 0 aromatic carbocycles. The first kappa shape index (κ1) is 18.9. The monoisotopic (exact) mass is 394 g/mol. The van der Waals surface area contributed by atoms with E-state index in [1.807, 2.05) is 0 Å². The van der Waals surface area contributed by atoms with Gasteiger partial charge in [0.2, 0.25) is 11.0 Å². The van der Waals surface area contributed by atoms with Crippen molar-refractivity contribution < 1.29 is 14.0 Å². The molecule has 1 aliphatic carbocycles. The molecule has 0 unspecified atom stereocenters. The van der Waals surface area contributed by atoms with Crippen molar-refractivity contribution in [1.82, 2.24) is 15.5 Å². The van der Waals surface area contributed by atoms with Gasteiger partial charge in [-0.3, -0.25) is 14.9 Å². The first-order valence-corrected chi connectivity index (χ1v) is 10.5. The molecule has 1 fully saturated rings. The van der Waals surface area contributed by atoms with Crippen LogP contribution in [-0.2, 0) is 4.79 Å². The van der Waals surface area contributed by atoms with Gasteiger partial charge in [0.05, 0.1) is 11.3 Å². The molecule has 1 saturated carbocycles. The summed E-state index contributed by atoms with van der Waals surface area (Å²) in [7, 11) is 0. The highest BCUT2D eigenvalue weighted by Crippen LogP contribution is 2.26. The zero-order chi connectivity index (χ0) is 18.5. The Morgan fingerprint density at radius 3 is 2.73 bits per heavy atom. The number of amides is 2. The minimum atomic E-state index is -0.276. The number of rotatable bonds is 6. The number of furan rings is 1. The van der Waals surface area contributed by atoms with E-state index in [2.05, 4.69) is 20.8 Å². The van der Waals surface area contributed by atoms with Crippen molar-refractivity contribution in [3.63, 3.8) is 0 Å². The van der Waals surface area contributed by atoms with E-state index in [-0.39, 0.29) is 11.8 Å². The number of nitrogens with one attached hydrogen (secondary N) is 2. The molecule has 2 aromatic heterocycles. The summed E-state index contributed by atoms with van der Waals surface area (Å²) in [6.45, 7) is 3.54. The Morgan fingerprint density at radius 2 is 2.04 bits per heavy atom. The normalized spacial score (nSPS) is 15.0. The van der Waals surface area contributed by atoms with E-state index in [9.17, 15) is 9.59 Å².